The van der Waals surface area contributed by atoms with E-state index in [9.17, 15) is 25.4 Å². The van der Waals surface area contributed by atoms with E-state index in [1.54, 1.807) is 24.3 Å². The van der Waals surface area contributed by atoms with Crippen LogP contribution in [0.4, 0.5) is 11.4 Å². The molecule has 0 unspecified atom stereocenters. The zero-order valence-corrected chi connectivity index (χ0v) is 14.5. The molecule has 2 N–H and O–H groups in total. The predicted octanol–water partition coefficient (Wildman–Crippen LogP) is 3.75. The molecule has 0 aliphatic carbocycles. The second-order valence-corrected chi connectivity index (χ2v) is 6.48. The molecule has 0 spiro atoms. The molecule has 1 saturated heterocycles. The average Bonchev–Trinajstić information content (AvgIpc) is 2.68. The van der Waals surface area contributed by atoms with Crippen LogP contribution in [0.5, 0.6) is 0 Å². The fourth-order valence-corrected chi connectivity index (χ4v) is 3.37. The molecule has 27 heavy (non-hydrogen) atoms. The first-order valence-corrected chi connectivity index (χ1v) is 8.36. The number of nitrogens with zero attached hydrogens (tertiary/aromatic N) is 3. The maximum Gasteiger partial charge on any atom is 0.269 e. The summed E-state index contributed by atoms with van der Waals surface area (Å²) in [5, 5.41) is 38.0. The Hall–Kier alpha value is -3.33. The number of non-ortho nitro benzene ring substituents is 2. The normalized spacial score (nSPS) is 23.9. The molecule has 0 saturated carbocycles. The molecule has 1 aliphatic heterocycles. The van der Waals surface area contributed by atoms with E-state index in [1.165, 1.54) is 24.3 Å². The molecule has 2 aromatic rings. The van der Waals surface area contributed by atoms with Gasteiger partial charge in [-0.3, -0.25) is 20.2 Å². The van der Waals surface area contributed by atoms with Gasteiger partial charge in [0, 0.05) is 48.7 Å². The fourth-order valence-electron chi connectivity index (χ4n) is 3.37. The molecular weight excluding hydrogens is 352 g/mol. The number of rotatable bonds is 4. The van der Waals surface area contributed by atoms with Gasteiger partial charge in [-0.15, -0.1) is 0 Å². The fraction of sp³-hybridized carbons (Fsp3) is 0.278. The van der Waals surface area contributed by atoms with E-state index in [0.29, 0.717) is 12.1 Å². The van der Waals surface area contributed by atoms with E-state index in [2.05, 4.69) is 10.5 Å². The second kappa shape index (κ2) is 7.50. The summed E-state index contributed by atoms with van der Waals surface area (Å²) in [5.74, 6) is -0.120. The first-order valence-electron chi connectivity index (χ1n) is 8.36. The van der Waals surface area contributed by atoms with E-state index in [0.717, 1.165) is 11.1 Å². The van der Waals surface area contributed by atoms with E-state index >= 15 is 0 Å². The molecule has 3 rings (SSSR count). The molecule has 140 valence electrons. The van der Waals surface area contributed by atoms with Crippen molar-refractivity contribution in [3.8, 4) is 0 Å². The third kappa shape index (κ3) is 3.77. The van der Waals surface area contributed by atoms with Gasteiger partial charge in [-0.1, -0.05) is 36.3 Å². The number of nitro groups is 2. The minimum absolute atomic E-state index is 0.00480. The monoisotopic (exact) mass is 370 g/mol. The van der Waals surface area contributed by atoms with Gasteiger partial charge < -0.3 is 10.5 Å². The molecule has 0 radical (unpaired) electrons. The Kier molecular flexibility index (Phi) is 5.13. The minimum atomic E-state index is -0.458. The van der Waals surface area contributed by atoms with Crippen LogP contribution in [0, 0.1) is 26.1 Å². The highest BCUT2D eigenvalue weighted by molar-refractivity contribution is 5.88. The van der Waals surface area contributed by atoms with Crippen LogP contribution < -0.4 is 5.32 Å². The predicted molar refractivity (Wildman–Crippen MR) is 97.8 cm³/mol. The van der Waals surface area contributed by atoms with Crippen molar-refractivity contribution in [1.82, 2.24) is 5.32 Å². The molecular formula is C18H18N4O5. The van der Waals surface area contributed by atoms with Crippen LogP contribution in [0.3, 0.4) is 0 Å². The summed E-state index contributed by atoms with van der Waals surface area (Å²) in [4.78, 5) is 20.8. The lowest BCUT2D eigenvalue weighted by molar-refractivity contribution is -0.385. The van der Waals surface area contributed by atoms with Gasteiger partial charge >= 0.3 is 0 Å². The Morgan fingerprint density at radius 3 is 1.89 bits per heavy atom. The highest BCUT2D eigenvalue weighted by Gasteiger charge is 2.34. The lowest BCUT2D eigenvalue weighted by Crippen LogP contribution is -2.41. The Bertz CT molecular complexity index is 880. The first kappa shape index (κ1) is 18.5. The summed E-state index contributed by atoms with van der Waals surface area (Å²) >= 11 is 0. The van der Waals surface area contributed by atoms with Gasteiger partial charge in [-0.2, -0.15) is 0 Å². The Morgan fingerprint density at radius 1 is 0.963 bits per heavy atom. The van der Waals surface area contributed by atoms with Crippen molar-refractivity contribution in [2.24, 2.45) is 11.1 Å². The molecule has 9 heteroatoms. The van der Waals surface area contributed by atoms with Crippen LogP contribution in [0.1, 0.15) is 36.6 Å². The molecule has 9 nitrogen and oxygen atoms in total. The van der Waals surface area contributed by atoms with Crippen LogP contribution in [0.15, 0.2) is 53.7 Å². The van der Waals surface area contributed by atoms with Gasteiger partial charge in [-0.05, 0) is 11.1 Å². The van der Waals surface area contributed by atoms with E-state index in [-0.39, 0.29) is 29.4 Å². The van der Waals surface area contributed by atoms with Crippen molar-refractivity contribution in [1.29, 1.82) is 0 Å². The molecule has 1 aliphatic rings. The third-order valence-electron chi connectivity index (χ3n) is 4.92. The van der Waals surface area contributed by atoms with Gasteiger partial charge in [0.1, 0.15) is 0 Å². The minimum Gasteiger partial charge on any atom is -0.411 e. The van der Waals surface area contributed by atoms with E-state index in [4.69, 9.17) is 0 Å². The van der Waals surface area contributed by atoms with Gasteiger partial charge in [0.05, 0.1) is 15.6 Å². The van der Waals surface area contributed by atoms with Crippen molar-refractivity contribution in [3.63, 3.8) is 0 Å². The zero-order valence-electron chi connectivity index (χ0n) is 14.5. The van der Waals surface area contributed by atoms with Crippen LogP contribution in [0.2, 0.25) is 0 Å². The smallest absolute Gasteiger partial charge is 0.269 e. The van der Waals surface area contributed by atoms with Gasteiger partial charge in [0.2, 0.25) is 0 Å². The van der Waals surface area contributed by atoms with E-state index in [1.807, 2.05) is 6.92 Å². The summed E-state index contributed by atoms with van der Waals surface area (Å²) < 4.78 is 0. The summed E-state index contributed by atoms with van der Waals surface area (Å²) in [6.45, 7) is 1.92. The topological polar surface area (TPSA) is 131 Å². The number of benzene rings is 2. The molecule has 3 atom stereocenters. The van der Waals surface area contributed by atoms with Gasteiger partial charge in [0.15, 0.2) is 0 Å². The molecule has 2 aromatic carbocycles. The van der Waals surface area contributed by atoms with Crippen LogP contribution in [0.25, 0.3) is 0 Å². The van der Waals surface area contributed by atoms with Crippen molar-refractivity contribution in [2.45, 2.75) is 25.4 Å². The highest BCUT2D eigenvalue weighted by atomic mass is 16.6. The van der Waals surface area contributed by atoms with Crippen molar-refractivity contribution >= 4 is 17.1 Å². The molecule has 0 bridgehead atoms. The SMILES string of the molecule is C[C@@H]1/C(=N/O)C[C@H](c2ccc([N+](=O)[O-])cc2)N[C@H]1c1ccc([N+](=O)[O-])cc1. The average molecular weight is 370 g/mol. The van der Waals surface area contributed by atoms with Gasteiger partial charge in [-0.25, -0.2) is 0 Å². The maximum atomic E-state index is 10.9. The number of hydrogen-bond acceptors (Lipinski definition) is 7. The Labute approximate surface area is 154 Å². The summed E-state index contributed by atoms with van der Waals surface area (Å²) in [6, 6.07) is 12.0. The molecule has 1 fully saturated rings. The van der Waals surface area contributed by atoms with Crippen LogP contribution in [-0.4, -0.2) is 20.8 Å². The standard InChI is InChI=1S/C18H18N4O5/c1-11-16(20-23)10-17(12-2-6-14(7-3-12)21(24)25)19-18(11)13-4-8-15(9-5-13)22(26)27/h2-9,11,17-19,23H,10H2,1H3/b20-16+/t11-,17-,18-/m1/s1. The molecule has 1 heterocycles. The lowest BCUT2D eigenvalue weighted by Gasteiger charge is -2.37. The summed E-state index contributed by atoms with van der Waals surface area (Å²) in [6.07, 6.45) is 0.457. The van der Waals surface area contributed by atoms with Gasteiger partial charge in [0.25, 0.3) is 11.4 Å². The number of piperidine rings is 1. The number of oxime groups is 1. The van der Waals surface area contributed by atoms with Crippen molar-refractivity contribution in [2.75, 3.05) is 0 Å². The summed E-state index contributed by atoms with van der Waals surface area (Å²) in [5.41, 5.74) is 2.28. The highest BCUT2D eigenvalue weighted by Crippen LogP contribution is 2.36. The quantitative estimate of drug-likeness (QED) is 0.479. The van der Waals surface area contributed by atoms with Crippen molar-refractivity contribution in [3.05, 3.63) is 79.9 Å². The number of hydrogen-bond donors (Lipinski definition) is 2. The second-order valence-electron chi connectivity index (χ2n) is 6.48. The summed E-state index contributed by atoms with van der Waals surface area (Å²) in [7, 11) is 0. The van der Waals surface area contributed by atoms with E-state index < -0.39 is 9.85 Å². The van der Waals surface area contributed by atoms with Crippen LogP contribution in [-0.2, 0) is 0 Å². The molecule has 0 aromatic heterocycles. The Morgan fingerprint density at radius 2 is 1.44 bits per heavy atom. The zero-order chi connectivity index (χ0) is 19.6. The molecule has 0 amide bonds. The largest absolute Gasteiger partial charge is 0.411 e. The third-order valence-corrected chi connectivity index (χ3v) is 4.92. The maximum absolute atomic E-state index is 10.9. The lowest BCUT2D eigenvalue weighted by atomic mass is 9.81. The first-order chi connectivity index (χ1) is 12.9. The Balaban J connectivity index is 1.89. The number of nitrogens with one attached hydrogen (secondary N) is 1. The number of nitro benzene ring substituents is 2. The van der Waals surface area contributed by atoms with Crippen molar-refractivity contribution < 1.29 is 15.1 Å². The van der Waals surface area contributed by atoms with Crippen LogP contribution >= 0.6 is 0 Å².